The topological polar surface area (TPSA) is 76.2 Å². The Bertz CT molecular complexity index is 915. The van der Waals surface area contributed by atoms with E-state index in [-0.39, 0.29) is 5.91 Å². The zero-order chi connectivity index (χ0) is 20.8. The van der Waals surface area contributed by atoms with E-state index in [1.807, 2.05) is 17.0 Å². The van der Waals surface area contributed by atoms with Gasteiger partial charge in [-0.2, -0.15) is 5.26 Å². The average molecular weight is 396 g/mol. The lowest BCUT2D eigenvalue weighted by Gasteiger charge is -2.32. The molecular formula is C22H26N3O4+. The molecule has 1 aliphatic rings. The van der Waals surface area contributed by atoms with Crippen molar-refractivity contribution in [3.05, 3.63) is 53.1 Å². The van der Waals surface area contributed by atoms with Crippen molar-refractivity contribution < 1.29 is 23.9 Å². The maximum absolute atomic E-state index is 12.7. The lowest BCUT2D eigenvalue weighted by molar-refractivity contribution is -0.917. The number of nitriles is 1. The van der Waals surface area contributed by atoms with Crippen LogP contribution in [-0.2, 0) is 6.54 Å². The van der Waals surface area contributed by atoms with E-state index in [1.165, 1.54) is 4.90 Å². The monoisotopic (exact) mass is 396 g/mol. The number of carbonyl (C=O) groups excluding carboxylic acids is 1. The van der Waals surface area contributed by atoms with Crippen molar-refractivity contribution in [3.8, 4) is 23.3 Å². The van der Waals surface area contributed by atoms with Crippen molar-refractivity contribution in [2.24, 2.45) is 0 Å². The van der Waals surface area contributed by atoms with Gasteiger partial charge in [-0.05, 0) is 30.3 Å². The number of quaternary nitrogens is 1. The van der Waals surface area contributed by atoms with Gasteiger partial charge in [0, 0.05) is 5.56 Å². The molecule has 7 nitrogen and oxygen atoms in total. The number of benzene rings is 2. The summed E-state index contributed by atoms with van der Waals surface area (Å²) in [5.41, 5.74) is 2.11. The van der Waals surface area contributed by atoms with Gasteiger partial charge in [-0.3, -0.25) is 4.79 Å². The number of piperazine rings is 1. The summed E-state index contributed by atoms with van der Waals surface area (Å²) in [6.45, 7) is 3.78. The van der Waals surface area contributed by atoms with Crippen LogP contribution in [0.3, 0.4) is 0 Å². The predicted molar refractivity (Wildman–Crippen MR) is 108 cm³/mol. The van der Waals surface area contributed by atoms with E-state index in [9.17, 15) is 4.79 Å². The number of nitrogens with one attached hydrogen (secondary N) is 1. The first-order chi connectivity index (χ1) is 14.1. The van der Waals surface area contributed by atoms with Gasteiger partial charge in [0.05, 0.1) is 64.7 Å². The van der Waals surface area contributed by atoms with E-state index in [1.54, 1.807) is 45.6 Å². The summed E-state index contributed by atoms with van der Waals surface area (Å²) in [6, 6.07) is 12.8. The number of nitrogens with zero attached hydrogens (tertiary/aromatic N) is 2. The molecular weight excluding hydrogens is 370 g/mol. The standard InChI is InChI=1S/C22H25N3O4/c1-27-19-8-7-18(20(28-2)21(19)29-3)15-24-9-11-25(12-10-24)22(26)17-6-4-5-16(13-17)14-23/h4-8,13H,9-12,15H2,1-3H3/p+1. The minimum absolute atomic E-state index is 0.0233. The molecule has 0 bridgehead atoms. The third kappa shape index (κ3) is 4.44. The molecule has 1 N–H and O–H groups in total. The maximum Gasteiger partial charge on any atom is 0.254 e. The fourth-order valence-corrected chi connectivity index (χ4v) is 3.68. The van der Waals surface area contributed by atoms with Gasteiger partial charge in [0.2, 0.25) is 5.75 Å². The first-order valence-corrected chi connectivity index (χ1v) is 9.52. The Hall–Kier alpha value is -3.24. The molecule has 1 heterocycles. The number of ether oxygens (including phenoxy) is 3. The van der Waals surface area contributed by atoms with Gasteiger partial charge in [-0.15, -0.1) is 0 Å². The predicted octanol–water partition coefficient (Wildman–Crippen LogP) is 1.12. The van der Waals surface area contributed by atoms with Gasteiger partial charge in [-0.25, -0.2) is 0 Å². The van der Waals surface area contributed by atoms with Crippen LogP contribution in [0.2, 0.25) is 0 Å². The van der Waals surface area contributed by atoms with Crippen molar-refractivity contribution in [2.75, 3.05) is 47.5 Å². The summed E-state index contributed by atoms with van der Waals surface area (Å²) >= 11 is 0. The van der Waals surface area contributed by atoms with Gasteiger partial charge < -0.3 is 24.0 Å². The highest BCUT2D eigenvalue weighted by molar-refractivity contribution is 5.94. The van der Waals surface area contributed by atoms with Gasteiger partial charge in [0.15, 0.2) is 11.5 Å². The zero-order valence-corrected chi connectivity index (χ0v) is 17.0. The molecule has 29 heavy (non-hydrogen) atoms. The lowest BCUT2D eigenvalue weighted by Crippen LogP contribution is -3.13. The molecule has 7 heteroatoms. The van der Waals surface area contributed by atoms with E-state index >= 15 is 0 Å². The average Bonchev–Trinajstić information content (AvgIpc) is 2.78. The fraction of sp³-hybridized carbons (Fsp3) is 0.364. The summed E-state index contributed by atoms with van der Waals surface area (Å²) in [7, 11) is 4.83. The Labute approximate surface area is 171 Å². The van der Waals surface area contributed by atoms with E-state index in [0.29, 0.717) is 41.5 Å². The van der Waals surface area contributed by atoms with E-state index in [0.717, 1.165) is 25.2 Å². The summed E-state index contributed by atoms with van der Waals surface area (Å²) in [5, 5.41) is 9.04. The van der Waals surface area contributed by atoms with Crippen LogP contribution >= 0.6 is 0 Å². The van der Waals surface area contributed by atoms with Crippen LogP contribution in [-0.4, -0.2) is 58.3 Å². The number of rotatable bonds is 6. The summed E-state index contributed by atoms with van der Waals surface area (Å²) < 4.78 is 16.4. The molecule has 0 saturated carbocycles. The Kier molecular flexibility index (Phi) is 6.57. The Morgan fingerprint density at radius 1 is 1.07 bits per heavy atom. The molecule has 1 saturated heterocycles. The number of hydrogen-bond donors (Lipinski definition) is 1. The minimum atomic E-state index is -0.0233. The normalized spacial score (nSPS) is 14.2. The molecule has 2 aromatic carbocycles. The second kappa shape index (κ2) is 9.30. The molecule has 1 fully saturated rings. The maximum atomic E-state index is 12.7. The van der Waals surface area contributed by atoms with Crippen LogP contribution in [0.15, 0.2) is 36.4 Å². The van der Waals surface area contributed by atoms with E-state index in [4.69, 9.17) is 19.5 Å². The van der Waals surface area contributed by atoms with Crippen LogP contribution < -0.4 is 19.1 Å². The first-order valence-electron chi connectivity index (χ1n) is 9.52. The fourth-order valence-electron chi connectivity index (χ4n) is 3.68. The molecule has 0 unspecified atom stereocenters. The quantitative estimate of drug-likeness (QED) is 0.792. The Morgan fingerprint density at radius 2 is 1.79 bits per heavy atom. The molecule has 0 spiro atoms. The van der Waals surface area contributed by atoms with Crippen molar-refractivity contribution in [3.63, 3.8) is 0 Å². The molecule has 3 rings (SSSR count). The second-order valence-electron chi connectivity index (χ2n) is 6.91. The van der Waals surface area contributed by atoms with Crippen LogP contribution in [0, 0.1) is 11.3 Å². The molecule has 2 aromatic rings. The molecule has 1 amide bonds. The van der Waals surface area contributed by atoms with Crippen LogP contribution in [0.4, 0.5) is 0 Å². The Morgan fingerprint density at radius 3 is 2.41 bits per heavy atom. The van der Waals surface area contributed by atoms with Gasteiger partial charge in [-0.1, -0.05) is 6.07 Å². The van der Waals surface area contributed by atoms with Crippen molar-refractivity contribution in [1.82, 2.24) is 4.90 Å². The number of hydrogen-bond acceptors (Lipinski definition) is 5. The molecule has 1 aliphatic heterocycles. The van der Waals surface area contributed by atoms with Crippen LogP contribution in [0.25, 0.3) is 0 Å². The summed E-state index contributed by atoms with van der Waals surface area (Å²) in [6.07, 6.45) is 0. The van der Waals surface area contributed by atoms with Gasteiger partial charge in [0.1, 0.15) is 6.54 Å². The number of amides is 1. The number of methoxy groups -OCH3 is 3. The largest absolute Gasteiger partial charge is 0.493 e. The highest BCUT2D eigenvalue weighted by atomic mass is 16.5. The Balaban J connectivity index is 1.66. The SMILES string of the molecule is COc1ccc(C[NH+]2CCN(C(=O)c3cccc(C#N)c3)CC2)c(OC)c1OC. The smallest absolute Gasteiger partial charge is 0.254 e. The van der Waals surface area contributed by atoms with Crippen LogP contribution in [0.1, 0.15) is 21.5 Å². The van der Waals surface area contributed by atoms with E-state index < -0.39 is 0 Å². The molecule has 0 aromatic heterocycles. The zero-order valence-electron chi connectivity index (χ0n) is 17.0. The second-order valence-corrected chi connectivity index (χ2v) is 6.91. The summed E-state index contributed by atoms with van der Waals surface area (Å²) in [4.78, 5) is 16.0. The van der Waals surface area contributed by atoms with Crippen molar-refractivity contribution >= 4 is 5.91 Å². The van der Waals surface area contributed by atoms with Gasteiger partial charge >= 0.3 is 0 Å². The first kappa shape index (κ1) is 20.5. The molecule has 0 radical (unpaired) electrons. The van der Waals surface area contributed by atoms with Gasteiger partial charge in [0.25, 0.3) is 5.91 Å². The molecule has 0 aliphatic carbocycles. The summed E-state index contributed by atoms with van der Waals surface area (Å²) in [5.74, 6) is 1.90. The molecule has 0 atom stereocenters. The van der Waals surface area contributed by atoms with Crippen molar-refractivity contribution in [1.29, 1.82) is 5.26 Å². The lowest BCUT2D eigenvalue weighted by atomic mass is 10.1. The van der Waals surface area contributed by atoms with E-state index in [2.05, 4.69) is 6.07 Å². The highest BCUT2D eigenvalue weighted by Gasteiger charge is 2.26. The highest BCUT2D eigenvalue weighted by Crippen LogP contribution is 2.39. The third-order valence-corrected chi connectivity index (χ3v) is 5.22. The third-order valence-electron chi connectivity index (χ3n) is 5.22. The van der Waals surface area contributed by atoms with Crippen molar-refractivity contribution in [2.45, 2.75) is 6.54 Å². The minimum Gasteiger partial charge on any atom is -0.493 e. The van der Waals surface area contributed by atoms with Crippen LogP contribution in [0.5, 0.6) is 17.2 Å². The number of carbonyl (C=O) groups is 1. The molecule has 152 valence electrons.